The summed E-state index contributed by atoms with van der Waals surface area (Å²) in [5.41, 5.74) is 0. The van der Waals surface area contributed by atoms with Gasteiger partial charge in [-0.15, -0.1) is 0 Å². The molecule has 1 rings (SSSR count). The molecule has 1 heterocycles. The molecule has 140 valence electrons. The van der Waals surface area contributed by atoms with Crippen LogP contribution in [-0.2, 0) is 42.9 Å². The van der Waals surface area contributed by atoms with Gasteiger partial charge in [0.1, 0.15) is 6.61 Å². The topological polar surface area (TPSA) is 147 Å². The van der Waals surface area contributed by atoms with Crippen molar-refractivity contribution in [1.29, 1.82) is 0 Å². The van der Waals surface area contributed by atoms with E-state index in [2.05, 4.69) is 5.16 Å². The minimum absolute atomic E-state index is 0.414. The molecule has 1 aliphatic heterocycles. The number of hydrogen-bond acceptors (Lipinski definition) is 11. The zero-order valence-electron chi connectivity index (χ0n) is 14.1. The van der Waals surface area contributed by atoms with Gasteiger partial charge in [0.05, 0.1) is 0 Å². The van der Waals surface area contributed by atoms with Gasteiger partial charge in [0.15, 0.2) is 18.3 Å². The van der Waals surface area contributed by atoms with Gasteiger partial charge in [-0.05, 0) is 0 Å². The lowest BCUT2D eigenvalue weighted by molar-refractivity contribution is -0.176. The minimum atomic E-state index is -1.35. The van der Waals surface area contributed by atoms with Crippen LogP contribution in [0.4, 0.5) is 0 Å². The predicted octanol–water partition coefficient (Wildman–Crippen LogP) is -0.469. The molecule has 11 nitrogen and oxygen atoms in total. The van der Waals surface area contributed by atoms with Crippen LogP contribution in [0.2, 0.25) is 0 Å². The number of rotatable bonds is 6. The van der Waals surface area contributed by atoms with Crippen LogP contribution in [0.1, 0.15) is 27.7 Å². The van der Waals surface area contributed by atoms with Crippen molar-refractivity contribution in [2.75, 3.05) is 6.61 Å². The first-order valence-electron chi connectivity index (χ1n) is 7.19. The number of oxime groups is 1. The lowest BCUT2D eigenvalue weighted by Gasteiger charge is -2.26. The Balaban J connectivity index is 3.15. The summed E-state index contributed by atoms with van der Waals surface area (Å²) in [5, 5.41) is 11.9. The lowest BCUT2D eigenvalue weighted by atomic mass is 10.1. The van der Waals surface area contributed by atoms with Crippen LogP contribution in [-0.4, -0.2) is 66.0 Å². The van der Waals surface area contributed by atoms with Crippen LogP contribution in [0.5, 0.6) is 0 Å². The van der Waals surface area contributed by atoms with Crippen LogP contribution in [0.3, 0.4) is 0 Å². The first kappa shape index (κ1) is 20.2. The third-order valence-corrected chi connectivity index (χ3v) is 2.95. The molecular formula is C14H19NO10. The molecule has 0 amide bonds. The zero-order chi connectivity index (χ0) is 19.1. The van der Waals surface area contributed by atoms with Crippen molar-refractivity contribution in [2.24, 2.45) is 5.16 Å². The van der Waals surface area contributed by atoms with E-state index >= 15 is 0 Å². The molecule has 25 heavy (non-hydrogen) atoms. The van der Waals surface area contributed by atoms with Gasteiger partial charge < -0.3 is 28.9 Å². The fraction of sp³-hybridized carbons (Fsp3) is 0.643. The van der Waals surface area contributed by atoms with E-state index in [1.54, 1.807) is 0 Å². The summed E-state index contributed by atoms with van der Waals surface area (Å²) < 4.78 is 25.2. The molecule has 4 atom stereocenters. The Bertz CT molecular complexity index is 572. The second-order valence-corrected chi connectivity index (χ2v) is 5.08. The molecule has 0 aromatic rings. The molecule has 0 aliphatic carbocycles. The Kier molecular flexibility index (Phi) is 7.15. The third-order valence-electron chi connectivity index (χ3n) is 2.95. The van der Waals surface area contributed by atoms with Gasteiger partial charge in [0, 0.05) is 27.7 Å². The molecule has 1 saturated heterocycles. The van der Waals surface area contributed by atoms with E-state index < -0.39 is 60.8 Å². The highest BCUT2D eigenvalue weighted by atomic mass is 16.7. The largest absolute Gasteiger partial charge is 0.464 e. The lowest BCUT2D eigenvalue weighted by Crippen LogP contribution is -2.46. The SMILES string of the molecule is CC(=O)OC[C@H](OC(C)=O)[C@H]1O/C(=N/O)[C@H](OC(C)=O)[C@H]1OC(C)=O. The molecule has 0 bridgehead atoms. The van der Waals surface area contributed by atoms with Crippen LogP contribution in [0, 0.1) is 0 Å². The molecule has 0 saturated carbocycles. The van der Waals surface area contributed by atoms with E-state index in [1.807, 2.05) is 0 Å². The summed E-state index contributed by atoms with van der Waals surface area (Å²) in [7, 11) is 0. The van der Waals surface area contributed by atoms with Crippen LogP contribution in [0.25, 0.3) is 0 Å². The van der Waals surface area contributed by atoms with Gasteiger partial charge in [-0.3, -0.25) is 19.2 Å². The maximum Gasteiger partial charge on any atom is 0.303 e. The van der Waals surface area contributed by atoms with Gasteiger partial charge in [-0.1, -0.05) is 5.16 Å². The summed E-state index contributed by atoms with van der Waals surface area (Å²) in [4.78, 5) is 44.9. The molecule has 1 N–H and O–H groups in total. The first-order valence-corrected chi connectivity index (χ1v) is 7.19. The highest BCUT2D eigenvalue weighted by molar-refractivity contribution is 5.86. The van der Waals surface area contributed by atoms with Crippen molar-refractivity contribution in [1.82, 2.24) is 0 Å². The quantitative estimate of drug-likeness (QED) is 0.285. The summed E-state index contributed by atoms with van der Waals surface area (Å²) in [6.07, 6.45) is -5.08. The van der Waals surface area contributed by atoms with E-state index in [-0.39, 0.29) is 0 Å². The van der Waals surface area contributed by atoms with E-state index in [9.17, 15) is 19.2 Å². The Labute approximate surface area is 142 Å². The zero-order valence-corrected chi connectivity index (χ0v) is 14.1. The van der Waals surface area contributed by atoms with E-state index in [4.69, 9.17) is 28.9 Å². The van der Waals surface area contributed by atoms with Crippen LogP contribution in [0.15, 0.2) is 5.16 Å². The molecule has 0 radical (unpaired) electrons. The van der Waals surface area contributed by atoms with Crippen molar-refractivity contribution in [3.05, 3.63) is 0 Å². The third kappa shape index (κ3) is 5.94. The number of ether oxygens (including phenoxy) is 5. The Hall–Kier alpha value is -2.85. The fourth-order valence-electron chi connectivity index (χ4n) is 2.18. The van der Waals surface area contributed by atoms with Crippen molar-refractivity contribution >= 4 is 29.8 Å². The molecule has 0 aromatic carbocycles. The molecule has 1 aliphatic rings. The van der Waals surface area contributed by atoms with Crippen molar-refractivity contribution in [3.8, 4) is 0 Å². The highest BCUT2D eigenvalue weighted by Gasteiger charge is 2.53. The number of esters is 4. The molecule has 1 fully saturated rings. The summed E-state index contributed by atoms with van der Waals surface area (Å²) in [6, 6.07) is 0. The molecule has 0 unspecified atom stereocenters. The van der Waals surface area contributed by atoms with Gasteiger partial charge in [-0.25, -0.2) is 0 Å². The van der Waals surface area contributed by atoms with E-state index in [0.717, 1.165) is 27.7 Å². The highest BCUT2D eigenvalue weighted by Crippen LogP contribution is 2.27. The number of carbonyl (C=O) groups excluding carboxylic acids is 4. The second-order valence-electron chi connectivity index (χ2n) is 5.08. The maximum absolute atomic E-state index is 11.4. The number of hydrogen-bond donors (Lipinski definition) is 1. The monoisotopic (exact) mass is 361 g/mol. The summed E-state index contributed by atoms with van der Waals surface area (Å²) in [6.45, 7) is 4.04. The Morgan fingerprint density at radius 3 is 2.08 bits per heavy atom. The van der Waals surface area contributed by atoms with Crippen molar-refractivity contribution in [3.63, 3.8) is 0 Å². The van der Waals surface area contributed by atoms with Gasteiger partial charge in [-0.2, -0.15) is 0 Å². The number of nitrogens with zero attached hydrogens (tertiary/aromatic N) is 1. The average molecular weight is 361 g/mol. The average Bonchev–Trinajstić information content (AvgIpc) is 2.79. The minimum Gasteiger partial charge on any atom is -0.464 e. The molecular weight excluding hydrogens is 342 g/mol. The van der Waals surface area contributed by atoms with E-state index in [0.29, 0.717) is 0 Å². The maximum atomic E-state index is 11.4. The summed E-state index contributed by atoms with van der Waals surface area (Å²) in [5.74, 6) is -3.32. The fourth-order valence-corrected chi connectivity index (χ4v) is 2.18. The van der Waals surface area contributed by atoms with Crippen molar-refractivity contribution < 1.29 is 48.1 Å². The van der Waals surface area contributed by atoms with Crippen LogP contribution >= 0.6 is 0 Å². The normalized spacial score (nSPS) is 24.8. The Morgan fingerprint density at radius 1 is 1.04 bits per heavy atom. The molecule has 0 spiro atoms. The molecule has 0 aromatic heterocycles. The van der Waals surface area contributed by atoms with Gasteiger partial charge in [0.25, 0.3) is 5.90 Å². The predicted molar refractivity (Wildman–Crippen MR) is 77.4 cm³/mol. The second kappa shape index (κ2) is 8.85. The number of carbonyl (C=O) groups is 4. The Morgan fingerprint density at radius 2 is 1.64 bits per heavy atom. The van der Waals surface area contributed by atoms with Gasteiger partial charge >= 0.3 is 23.9 Å². The van der Waals surface area contributed by atoms with Crippen LogP contribution < -0.4 is 0 Å². The summed E-state index contributed by atoms with van der Waals surface area (Å²) >= 11 is 0. The standard InChI is InChI=1S/C14H19NO10/c1-6(16)21-5-10(22-7(2)17)11-12(23-8(3)18)13(24-9(4)19)14(15-20)25-11/h10-13,20H,5H2,1-4H3/b15-14+/t10-,11+,12-,13+/m0/s1. The molecule has 11 heteroatoms. The first-order chi connectivity index (χ1) is 11.6. The van der Waals surface area contributed by atoms with Gasteiger partial charge in [0.2, 0.25) is 6.10 Å². The smallest absolute Gasteiger partial charge is 0.303 e. The van der Waals surface area contributed by atoms with Crippen molar-refractivity contribution in [2.45, 2.75) is 52.1 Å². The van der Waals surface area contributed by atoms with E-state index in [1.165, 1.54) is 0 Å².